The van der Waals surface area contributed by atoms with Crippen molar-refractivity contribution in [1.29, 1.82) is 0 Å². The second-order valence-corrected chi connectivity index (χ2v) is 7.98. The van der Waals surface area contributed by atoms with Gasteiger partial charge in [0.05, 0.1) is 6.04 Å². The van der Waals surface area contributed by atoms with Crippen LogP contribution in [0.2, 0.25) is 5.02 Å². The fourth-order valence-corrected chi connectivity index (χ4v) is 3.11. The normalized spacial score (nSPS) is 20.4. The minimum absolute atomic E-state index is 0.274. The molecule has 4 N–H and O–H groups in total. The number of H-pyrrole nitrogens is 1. The number of aromatic amines is 1. The molecular formula is C18H23ClN4O3. The number of aromatic nitrogens is 1. The molecule has 0 saturated carbocycles. The first kappa shape index (κ1) is 18.5. The lowest BCUT2D eigenvalue weighted by Crippen LogP contribution is -2.46. The molecular weight excluding hydrogens is 356 g/mol. The number of hydrogen-bond acceptors (Lipinski definition) is 4. The summed E-state index contributed by atoms with van der Waals surface area (Å²) < 4.78 is 5.36. The van der Waals surface area contributed by atoms with Gasteiger partial charge in [-0.1, -0.05) is 11.6 Å². The van der Waals surface area contributed by atoms with E-state index >= 15 is 0 Å². The average molecular weight is 379 g/mol. The van der Waals surface area contributed by atoms with E-state index in [-0.39, 0.29) is 18.0 Å². The monoisotopic (exact) mass is 378 g/mol. The van der Waals surface area contributed by atoms with E-state index in [9.17, 15) is 9.59 Å². The van der Waals surface area contributed by atoms with Crippen LogP contribution in [0, 0.1) is 0 Å². The fraction of sp³-hybridized carbons (Fsp3) is 0.444. The standard InChI is InChI=1S/C18H23ClN4O3/c1-18(2,3)26-17(25)23-8-12(20)15(9-23)22-16(24)14-7-10-6-11(19)4-5-13(10)21-14/h4-7,12,15,21H,8-9,20H2,1-3H3,(H,22,24). The summed E-state index contributed by atoms with van der Waals surface area (Å²) in [7, 11) is 0. The Bertz CT molecular complexity index is 843. The van der Waals surface area contributed by atoms with Crippen molar-refractivity contribution in [2.45, 2.75) is 38.5 Å². The largest absolute Gasteiger partial charge is 0.444 e. The van der Waals surface area contributed by atoms with Gasteiger partial charge in [0.1, 0.15) is 11.3 Å². The van der Waals surface area contributed by atoms with Gasteiger partial charge in [0, 0.05) is 35.1 Å². The summed E-state index contributed by atoms with van der Waals surface area (Å²) in [6, 6.07) is 6.40. The zero-order chi connectivity index (χ0) is 19.1. The van der Waals surface area contributed by atoms with Gasteiger partial charge in [-0.25, -0.2) is 4.79 Å². The third-order valence-electron chi connectivity index (χ3n) is 4.16. The summed E-state index contributed by atoms with van der Waals surface area (Å²) in [5, 5.41) is 4.35. The van der Waals surface area contributed by atoms with Crippen molar-refractivity contribution in [2.75, 3.05) is 13.1 Å². The van der Waals surface area contributed by atoms with Crippen molar-refractivity contribution in [1.82, 2.24) is 15.2 Å². The van der Waals surface area contributed by atoms with Gasteiger partial charge in [-0.3, -0.25) is 4.79 Å². The number of hydrogen-bond donors (Lipinski definition) is 3. The molecule has 1 fully saturated rings. The summed E-state index contributed by atoms with van der Waals surface area (Å²) in [5.41, 5.74) is 6.77. The summed E-state index contributed by atoms with van der Waals surface area (Å²) in [6.07, 6.45) is -0.426. The van der Waals surface area contributed by atoms with Gasteiger partial charge in [-0.2, -0.15) is 0 Å². The number of likely N-dealkylation sites (tertiary alicyclic amines) is 1. The minimum atomic E-state index is -0.575. The van der Waals surface area contributed by atoms with Crippen molar-refractivity contribution in [3.63, 3.8) is 0 Å². The van der Waals surface area contributed by atoms with E-state index in [1.54, 1.807) is 18.2 Å². The molecule has 0 aliphatic carbocycles. The summed E-state index contributed by atoms with van der Waals surface area (Å²) in [5.74, 6) is -0.274. The van der Waals surface area contributed by atoms with Crippen molar-refractivity contribution >= 4 is 34.5 Å². The molecule has 2 aromatic rings. The van der Waals surface area contributed by atoms with E-state index < -0.39 is 11.7 Å². The van der Waals surface area contributed by atoms with Crippen LogP contribution in [0.15, 0.2) is 24.3 Å². The number of fused-ring (bicyclic) bond motifs is 1. The van der Waals surface area contributed by atoms with Gasteiger partial charge in [-0.15, -0.1) is 0 Å². The molecule has 2 amide bonds. The molecule has 1 aliphatic heterocycles. The smallest absolute Gasteiger partial charge is 0.410 e. The molecule has 0 radical (unpaired) electrons. The Morgan fingerprint density at radius 3 is 2.73 bits per heavy atom. The highest BCUT2D eigenvalue weighted by molar-refractivity contribution is 6.31. The van der Waals surface area contributed by atoms with Gasteiger partial charge in [0.2, 0.25) is 0 Å². The number of rotatable bonds is 2. The molecule has 2 unspecified atom stereocenters. The number of ether oxygens (including phenoxy) is 1. The highest BCUT2D eigenvalue weighted by Gasteiger charge is 2.36. The molecule has 3 rings (SSSR count). The molecule has 140 valence electrons. The van der Waals surface area contributed by atoms with Crippen LogP contribution in [0.5, 0.6) is 0 Å². The van der Waals surface area contributed by atoms with E-state index in [0.717, 1.165) is 10.9 Å². The average Bonchev–Trinajstić information content (AvgIpc) is 3.09. The lowest BCUT2D eigenvalue weighted by atomic mass is 10.2. The fourth-order valence-electron chi connectivity index (χ4n) is 2.93. The molecule has 1 aromatic carbocycles. The second kappa shape index (κ2) is 6.81. The highest BCUT2D eigenvalue weighted by atomic mass is 35.5. The lowest BCUT2D eigenvalue weighted by molar-refractivity contribution is 0.0288. The predicted octanol–water partition coefficient (Wildman–Crippen LogP) is 2.50. The Kier molecular flexibility index (Phi) is 4.86. The van der Waals surface area contributed by atoms with Crippen LogP contribution < -0.4 is 11.1 Å². The molecule has 7 nitrogen and oxygen atoms in total. The van der Waals surface area contributed by atoms with E-state index in [1.165, 1.54) is 4.90 Å². The number of amides is 2. The third kappa shape index (κ3) is 4.11. The Balaban J connectivity index is 1.66. The minimum Gasteiger partial charge on any atom is -0.444 e. The first-order valence-corrected chi connectivity index (χ1v) is 8.83. The van der Waals surface area contributed by atoms with Gasteiger partial charge < -0.3 is 25.7 Å². The first-order chi connectivity index (χ1) is 12.1. The molecule has 1 saturated heterocycles. The highest BCUT2D eigenvalue weighted by Crippen LogP contribution is 2.21. The second-order valence-electron chi connectivity index (χ2n) is 7.54. The van der Waals surface area contributed by atoms with Crippen LogP contribution in [-0.4, -0.2) is 52.7 Å². The van der Waals surface area contributed by atoms with E-state index in [2.05, 4.69) is 10.3 Å². The van der Waals surface area contributed by atoms with E-state index in [4.69, 9.17) is 22.1 Å². The number of carbonyl (C=O) groups is 2. The summed E-state index contributed by atoms with van der Waals surface area (Å²) >= 11 is 5.98. The van der Waals surface area contributed by atoms with Crippen molar-refractivity contribution in [3.05, 3.63) is 35.0 Å². The first-order valence-electron chi connectivity index (χ1n) is 8.45. The maximum Gasteiger partial charge on any atom is 0.410 e. The Morgan fingerprint density at radius 1 is 1.31 bits per heavy atom. The number of carbonyl (C=O) groups excluding carboxylic acids is 2. The van der Waals surface area contributed by atoms with Crippen LogP contribution in [0.4, 0.5) is 4.79 Å². The van der Waals surface area contributed by atoms with Gasteiger partial charge in [0.25, 0.3) is 5.91 Å². The maximum atomic E-state index is 12.5. The van der Waals surface area contributed by atoms with Gasteiger partial charge in [0.15, 0.2) is 0 Å². The molecule has 0 spiro atoms. The number of nitrogens with one attached hydrogen (secondary N) is 2. The summed E-state index contributed by atoms with van der Waals surface area (Å²) in [6.45, 7) is 6.07. The van der Waals surface area contributed by atoms with Crippen LogP contribution in [0.25, 0.3) is 10.9 Å². The molecule has 2 heterocycles. The van der Waals surface area contributed by atoms with E-state index in [0.29, 0.717) is 23.8 Å². The molecule has 26 heavy (non-hydrogen) atoms. The van der Waals surface area contributed by atoms with Crippen LogP contribution in [0.3, 0.4) is 0 Å². The van der Waals surface area contributed by atoms with Gasteiger partial charge in [-0.05, 0) is 45.0 Å². The molecule has 8 heteroatoms. The zero-order valence-corrected chi connectivity index (χ0v) is 15.8. The van der Waals surface area contributed by atoms with Crippen molar-refractivity contribution in [2.24, 2.45) is 5.73 Å². The number of benzene rings is 1. The van der Waals surface area contributed by atoms with Crippen molar-refractivity contribution in [3.8, 4) is 0 Å². The van der Waals surface area contributed by atoms with Crippen molar-refractivity contribution < 1.29 is 14.3 Å². The van der Waals surface area contributed by atoms with Gasteiger partial charge >= 0.3 is 6.09 Å². The van der Waals surface area contributed by atoms with Crippen LogP contribution in [-0.2, 0) is 4.74 Å². The Morgan fingerprint density at radius 2 is 2.04 bits per heavy atom. The van der Waals surface area contributed by atoms with E-state index in [1.807, 2.05) is 26.8 Å². The Hall–Kier alpha value is -2.25. The quantitative estimate of drug-likeness (QED) is 0.747. The lowest BCUT2D eigenvalue weighted by Gasteiger charge is -2.24. The predicted molar refractivity (Wildman–Crippen MR) is 100 cm³/mol. The number of halogens is 1. The van der Waals surface area contributed by atoms with Crippen LogP contribution in [0.1, 0.15) is 31.3 Å². The number of nitrogens with zero attached hydrogens (tertiary/aromatic N) is 1. The topological polar surface area (TPSA) is 100 Å². The third-order valence-corrected chi connectivity index (χ3v) is 4.40. The Labute approximate surface area is 156 Å². The summed E-state index contributed by atoms with van der Waals surface area (Å²) in [4.78, 5) is 29.3. The zero-order valence-electron chi connectivity index (χ0n) is 15.0. The molecule has 0 bridgehead atoms. The maximum absolute atomic E-state index is 12.5. The molecule has 2 atom stereocenters. The molecule has 1 aliphatic rings. The number of nitrogens with two attached hydrogens (primary N) is 1. The van der Waals surface area contributed by atoms with Crippen LogP contribution >= 0.6 is 11.6 Å². The SMILES string of the molecule is CC(C)(C)OC(=O)N1CC(N)C(NC(=O)c2cc3cc(Cl)ccc3[nH]2)C1. The molecule has 1 aromatic heterocycles.